The van der Waals surface area contributed by atoms with Crippen LogP contribution in [0, 0.1) is 6.92 Å². The Hall–Kier alpha value is -1.99. The summed E-state index contributed by atoms with van der Waals surface area (Å²) in [5.74, 6) is 0.451. The largest absolute Gasteiger partial charge is 0.373 e. The van der Waals surface area contributed by atoms with Crippen LogP contribution in [0.4, 0.5) is 0 Å². The Kier molecular flexibility index (Phi) is 6.70. The van der Waals surface area contributed by atoms with Gasteiger partial charge >= 0.3 is 0 Å². The minimum Gasteiger partial charge on any atom is -0.373 e. The van der Waals surface area contributed by atoms with Crippen molar-refractivity contribution >= 4 is 17.2 Å². The van der Waals surface area contributed by atoms with Gasteiger partial charge in [-0.2, -0.15) is 5.10 Å². The van der Waals surface area contributed by atoms with E-state index in [0.29, 0.717) is 5.92 Å². The van der Waals surface area contributed by atoms with Crippen molar-refractivity contribution in [2.75, 3.05) is 26.2 Å². The second-order valence-electron chi connectivity index (χ2n) is 9.82. The quantitative estimate of drug-likeness (QED) is 0.545. The first-order valence-corrected chi connectivity index (χ1v) is 12.5. The van der Waals surface area contributed by atoms with Crippen LogP contribution in [0.3, 0.4) is 0 Å². The first-order valence-electron chi connectivity index (χ1n) is 12.1. The van der Waals surface area contributed by atoms with E-state index in [1.165, 1.54) is 29.7 Å². The lowest BCUT2D eigenvalue weighted by atomic mass is 9.94. The van der Waals surface area contributed by atoms with Gasteiger partial charge in [-0.15, -0.1) is 0 Å². The highest BCUT2D eigenvalue weighted by Gasteiger charge is 2.27. The zero-order valence-electron chi connectivity index (χ0n) is 19.9. The number of morpholine rings is 1. The number of nitrogens with zero attached hydrogens (tertiary/aromatic N) is 5. The predicted octanol–water partition coefficient (Wildman–Crippen LogP) is 4.68. The van der Waals surface area contributed by atoms with E-state index in [9.17, 15) is 0 Å². The van der Waals surface area contributed by atoms with Crippen LogP contribution in [0.1, 0.15) is 55.1 Å². The maximum absolute atomic E-state index is 6.07. The summed E-state index contributed by atoms with van der Waals surface area (Å²) < 4.78 is 8.04. The molecule has 2 fully saturated rings. The van der Waals surface area contributed by atoms with Gasteiger partial charge in [0.1, 0.15) is 0 Å². The fourth-order valence-corrected chi connectivity index (χ4v) is 5.66. The average molecular weight is 468 g/mol. The smallest absolute Gasteiger partial charge is 0.160 e. The van der Waals surface area contributed by atoms with Crippen LogP contribution in [0.25, 0.3) is 5.65 Å². The number of halogens is 1. The van der Waals surface area contributed by atoms with Gasteiger partial charge in [-0.05, 0) is 63.9 Å². The lowest BCUT2D eigenvalue weighted by Crippen LogP contribution is -2.44. The molecule has 0 amide bonds. The minimum atomic E-state index is 0.258. The van der Waals surface area contributed by atoms with E-state index >= 15 is 0 Å². The van der Waals surface area contributed by atoms with Crippen molar-refractivity contribution in [1.82, 2.24) is 24.4 Å². The maximum atomic E-state index is 6.07. The fraction of sp³-hybridized carbons (Fsp3) is 0.538. The van der Waals surface area contributed by atoms with Crippen molar-refractivity contribution < 1.29 is 4.74 Å². The molecule has 4 heterocycles. The minimum absolute atomic E-state index is 0.258. The highest BCUT2D eigenvalue weighted by molar-refractivity contribution is 6.30. The first-order chi connectivity index (χ1) is 16.0. The van der Waals surface area contributed by atoms with E-state index in [1.807, 2.05) is 18.3 Å². The number of hydrogen-bond donors (Lipinski definition) is 0. The van der Waals surface area contributed by atoms with E-state index < -0.39 is 0 Å². The topological polar surface area (TPSA) is 45.9 Å². The Bertz CT molecular complexity index is 1090. The third kappa shape index (κ3) is 5.09. The molecule has 1 aromatic carbocycles. The van der Waals surface area contributed by atoms with Crippen molar-refractivity contribution in [2.24, 2.45) is 0 Å². The zero-order valence-corrected chi connectivity index (χ0v) is 20.6. The normalized spacial score (nSPS) is 25.0. The van der Waals surface area contributed by atoms with E-state index in [-0.39, 0.29) is 12.2 Å². The van der Waals surface area contributed by atoms with Gasteiger partial charge in [0, 0.05) is 55.4 Å². The van der Waals surface area contributed by atoms with Crippen LogP contribution < -0.4 is 0 Å². The molecule has 2 aliphatic rings. The number of likely N-dealkylation sites (tertiary alicyclic amines) is 1. The third-order valence-corrected chi connectivity index (χ3v) is 7.22. The van der Waals surface area contributed by atoms with Gasteiger partial charge in [-0.3, -0.25) is 9.80 Å². The van der Waals surface area contributed by atoms with E-state index in [1.54, 1.807) is 0 Å². The Morgan fingerprint density at radius 1 is 1.00 bits per heavy atom. The molecular formula is C26H34ClN5O. The lowest BCUT2D eigenvalue weighted by Gasteiger charge is -2.35. The number of benzene rings is 1. The van der Waals surface area contributed by atoms with Crippen molar-refractivity contribution in [3.05, 3.63) is 64.1 Å². The van der Waals surface area contributed by atoms with Crippen LogP contribution in [0.15, 0.2) is 36.5 Å². The summed E-state index contributed by atoms with van der Waals surface area (Å²) in [5.41, 5.74) is 5.92. The van der Waals surface area contributed by atoms with Gasteiger partial charge in [0.05, 0.1) is 23.6 Å². The van der Waals surface area contributed by atoms with Gasteiger partial charge in [-0.1, -0.05) is 23.7 Å². The summed E-state index contributed by atoms with van der Waals surface area (Å²) in [7, 11) is 0. The molecule has 2 saturated heterocycles. The summed E-state index contributed by atoms with van der Waals surface area (Å²) in [6.45, 7) is 12.3. The average Bonchev–Trinajstić information content (AvgIpc) is 3.10. The van der Waals surface area contributed by atoms with Crippen molar-refractivity contribution in [1.29, 1.82) is 0 Å². The molecule has 0 saturated carbocycles. The first kappa shape index (κ1) is 22.8. The molecule has 0 aliphatic carbocycles. The molecule has 2 aliphatic heterocycles. The molecule has 2 aromatic heterocycles. The molecule has 3 atom stereocenters. The van der Waals surface area contributed by atoms with Gasteiger partial charge in [0.25, 0.3) is 0 Å². The molecule has 3 aromatic rings. The molecule has 0 spiro atoms. The summed E-state index contributed by atoms with van der Waals surface area (Å²) in [5, 5.41) is 5.77. The maximum Gasteiger partial charge on any atom is 0.160 e. The molecule has 5 rings (SSSR count). The molecule has 1 unspecified atom stereocenters. The molecule has 0 bridgehead atoms. The van der Waals surface area contributed by atoms with Crippen LogP contribution in [0.5, 0.6) is 0 Å². The second kappa shape index (κ2) is 9.71. The highest BCUT2D eigenvalue weighted by Crippen LogP contribution is 2.29. The Labute approximate surface area is 201 Å². The molecular weight excluding hydrogens is 434 g/mol. The van der Waals surface area contributed by atoms with E-state index in [0.717, 1.165) is 55.6 Å². The van der Waals surface area contributed by atoms with E-state index in [2.05, 4.69) is 53.3 Å². The summed E-state index contributed by atoms with van der Waals surface area (Å²) in [4.78, 5) is 9.80. The summed E-state index contributed by atoms with van der Waals surface area (Å²) >= 11 is 6.07. The second-order valence-corrected chi connectivity index (χ2v) is 10.3. The number of rotatable bonds is 5. The Morgan fingerprint density at radius 3 is 2.52 bits per heavy atom. The van der Waals surface area contributed by atoms with E-state index in [4.69, 9.17) is 26.4 Å². The molecule has 0 N–H and O–H groups in total. The van der Waals surface area contributed by atoms with Gasteiger partial charge in [-0.25, -0.2) is 9.50 Å². The number of aromatic nitrogens is 3. The molecule has 33 heavy (non-hydrogen) atoms. The standard InChI is InChI=1S/C26H34ClN5O/c1-18-13-31(14-19(2)33-18)17-24-20(3)29-32-25(10-11-28-26(24)32)22-5-4-12-30(16-22)15-21-6-8-23(27)9-7-21/h6-11,18-19,22H,4-5,12-17H2,1-3H3/t18-,19+,22?. The highest BCUT2D eigenvalue weighted by atomic mass is 35.5. The van der Waals surface area contributed by atoms with Gasteiger partial charge in [0.2, 0.25) is 0 Å². The Balaban J connectivity index is 1.36. The third-order valence-electron chi connectivity index (χ3n) is 6.96. The Morgan fingerprint density at radius 2 is 1.76 bits per heavy atom. The predicted molar refractivity (Wildman–Crippen MR) is 132 cm³/mol. The number of hydrogen-bond acceptors (Lipinski definition) is 5. The van der Waals surface area contributed by atoms with Crippen LogP contribution in [-0.4, -0.2) is 62.8 Å². The number of ether oxygens (including phenoxy) is 1. The van der Waals surface area contributed by atoms with Crippen molar-refractivity contribution in [2.45, 2.75) is 64.8 Å². The molecule has 7 heteroatoms. The number of aryl methyl sites for hydroxylation is 1. The van der Waals surface area contributed by atoms with Crippen LogP contribution >= 0.6 is 11.6 Å². The summed E-state index contributed by atoms with van der Waals surface area (Å²) in [6.07, 6.45) is 4.86. The summed E-state index contributed by atoms with van der Waals surface area (Å²) in [6, 6.07) is 10.4. The van der Waals surface area contributed by atoms with Gasteiger partial charge in [0.15, 0.2) is 5.65 Å². The van der Waals surface area contributed by atoms with Gasteiger partial charge < -0.3 is 4.74 Å². The zero-order chi connectivity index (χ0) is 22.9. The fourth-order valence-electron chi connectivity index (χ4n) is 5.53. The van der Waals surface area contributed by atoms with Crippen LogP contribution in [-0.2, 0) is 17.8 Å². The monoisotopic (exact) mass is 467 g/mol. The van der Waals surface area contributed by atoms with Crippen molar-refractivity contribution in [3.8, 4) is 0 Å². The van der Waals surface area contributed by atoms with Crippen molar-refractivity contribution in [3.63, 3.8) is 0 Å². The number of fused-ring (bicyclic) bond motifs is 1. The molecule has 0 radical (unpaired) electrons. The lowest BCUT2D eigenvalue weighted by molar-refractivity contribution is -0.0704. The number of piperidine rings is 1. The van der Waals surface area contributed by atoms with Crippen LogP contribution in [0.2, 0.25) is 5.02 Å². The SMILES string of the molecule is Cc1nn2c(C3CCCN(Cc4ccc(Cl)cc4)C3)ccnc2c1CN1C[C@@H](C)O[C@@H](C)C1. The molecule has 176 valence electrons. The molecule has 6 nitrogen and oxygen atoms in total.